The molecule has 1 spiro atoms. The third-order valence-electron chi connectivity index (χ3n) is 10.6. The van der Waals surface area contributed by atoms with Crippen LogP contribution in [0, 0.1) is 17.3 Å². The van der Waals surface area contributed by atoms with E-state index in [0.29, 0.717) is 17.9 Å². The summed E-state index contributed by atoms with van der Waals surface area (Å²) in [4.78, 5) is 17.4. The van der Waals surface area contributed by atoms with E-state index in [4.69, 9.17) is 19.2 Å². The van der Waals surface area contributed by atoms with Crippen molar-refractivity contribution in [2.45, 2.75) is 129 Å². The summed E-state index contributed by atoms with van der Waals surface area (Å²) in [5.74, 6) is 0.432. The molecule has 5 heterocycles. The van der Waals surface area contributed by atoms with Gasteiger partial charge in [-0.15, -0.1) is 0 Å². The van der Waals surface area contributed by atoms with Crippen LogP contribution in [0.2, 0.25) is 0 Å². The molecule has 0 saturated carbocycles. The van der Waals surface area contributed by atoms with E-state index >= 15 is 0 Å². The van der Waals surface area contributed by atoms with Crippen molar-refractivity contribution in [2.24, 2.45) is 22.2 Å². The van der Waals surface area contributed by atoms with Crippen LogP contribution in [-0.2, 0) is 19.0 Å². The molecule has 0 aromatic rings. The molecule has 6 heteroatoms. The van der Waals surface area contributed by atoms with E-state index in [1.807, 2.05) is 13.0 Å². The second kappa shape index (κ2) is 10.3. The minimum atomic E-state index is -0.539. The van der Waals surface area contributed by atoms with Gasteiger partial charge in [-0.05, 0) is 114 Å². The number of cyclic esters (lactones) is 1. The first-order valence-corrected chi connectivity index (χ1v) is 15.0. The van der Waals surface area contributed by atoms with Gasteiger partial charge in [-0.1, -0.05) is 18.6 Å². The van der Waals surface area contributed by atoms with E-state index in [1.165, 1.54) is 22.4 Å². The van der Waals surface area contributed by atoms with Crippen molar-refractivity contribution in [1.29, 1.82) is 0 Å². The maximum absolute atomic E-state index is 12.2. The van der Waals surface area contributed by atoms with E-state index in [2.05, 4.69) is 26.8 Å². The minimum Gasteiger partial charge on any atom is -0.450 e. The van der Waals surface area contributed by atoms with Crippen molar-refractivity contribution in [1.82, 2.24) is 0 Å². The van der Waals surface area contributed by atoms with Gasteiger partial charge in [0.1, 0.15) is 6.10 Å². The molecule has 5 aliphatic heterocycles. The summed E-state index contributed by atoms with van der Waals surface area (Å²) in [6, 6.07) is 0. The Hall–Kier alpha value is -1.76. The molecule has 6 nitrogen and oxygen atoms in total. The lowest BCUT2D eigenvalue weighted by Crippen LogP contribution is -2.47. The summed E-state index contributed by atoms with van der Waals surface area (Å²) in [6.45, 7) is 9.47. The summed E-state index contributed by atoms with van der Waals surface area (Å²) in [5.41, 5.74) is 5.82. The Labute approximate surface area is 227 Å². The smallest absolute Gasteiger partial charge is 0.334 e. The summed E-state index contributed by atoms with van der Waals surface area (Å²) in [6.07, 6.45) is 13.2. The molecule has 9 unspecified atom stereocenters. The first kappa shape index (κ1) is 26.5. The van der Waals surface area contributed by atoms with E-state index < -0.39 is 6.10 Å². The molecule has 0 aromatic carbocycles. The number of ether oxygens (including phenoxy) is 3. The first-order valence-electron chi connectivity index (χ1n) is 15.0. The third-order valence-corrected chi connectivity index (χ3v) is 10.6. The standard InChI is InChI=1S/C32H45NO5/c1-18-7-5-8-29-32(12-6-14-33-29)13-11-22(27-16-20(3)31(35)38-27)21(4)23(32)17-24(34)25-9-10-26(36-25)28-15-19(2)30(18)37-28/h7,16,19,23-28,30,34H,5-6,8-15,17H2,1-4H3. The summed E-state index contributed by atoms with van der Waals surface area (Å²) >= 11 is 0. The highest BCUT2D eigenvalue weighted by atomic mass is 16.6. The molecule has 6 rings (SSSR count). The van der Waals surface area contributed by atoms with Gasteiger partial charge < -0.3 is 19.3 Å². The van der Waals surface area contributed by atoms with Gasteiger partial charge >= 0.3 is 5.97 Å². The van der Waals surface area contributed by atoms with Crippen LogP contribution >= 0.6 is 0 Å². The Bertz CT molecular complexity index is 1090. The molecule has 4 bridgehead atoms. The number of esters is 1. The number of nitrogens with zero attached hydrogens (tertiary/aromatic N) is 1. The zero-order chi connectivity index (χ0) is 26.6. The fourth-order valence-corrected chi connectivity index (χ4v) is 8.58. The fraction of sp³-hybridized carbons (Fsp3) is 0.750. The second-order valence-corrected chi connectivity index (χ2v) is 12.9. The molecule has 0 amide bonds. The molecule has 1 aliphatic carbocycles. The SMILES string of the molecule is CC1=CC(C2=C(C)C3CC(O)C4CCC(O4)C4CC(C)C(O4)C(C)=CCCC4=NCCCC43CC2)OC1=O. The molecule has 2 fully saturated rings. The van der Waals surface area contributed by atoms with Gasteiger partial charge in [0.2, 0.25) is 0 Å². The summed E-state index contributed by atoms with van der Waals surface area (Å²) in [5, 5.41) is 11.7. The van der Waals surface area contributed by atoms with Crippen LogP contribution in [0.1, 0.15) is 91.9 Å². The van der Waals surface area contributed by atoms with Crippen LogP contribution in [-0.4, -0.2) is 60.0 Å². The zero-order valence-electron chi connectivity index (χ0n) is 23.6. The number of aliphatic imine (C=N–C) groups is 1. The normalized spacial score (nSPS) is 43.8. The zero-order valence-corrected chi connectivity index (χ0v) is 23.6. The molecule has 6 aliphatic rings. The van der Waals surface area contributed by atoms with Crippen LogP contribution in [0.25, 0.3) is 0 Å². The lowest BCUT2D eigenvalue weighted by Gasteiger charge is -2.49. The van der Waals surface area contributed by atoms with Crippen LogP contribution in [0.4, 0.5) is 0 Å². The van der Waals surface area contributed by atoms with Crippen LogP contribution in [0.5, 0.6) is 0 Å². The van der Waals surface area contributed by atoms with Crippen molar-refractivity contribution >= 4 is 11.7 Å². The molecule has 1 N–H and O–H groups in total. The van der Waals surface area contributed by atoms with Crippen molar-refractivity contribution < 1.29 is 24.1 Å². The summed E-state index contributed by atoms with van der Waals surface area (Å²) in [7, 11) is 0. The second-order valence-electron chi connectivity index (χ2n) is 12.9. The quantitative estimate of drug-likeness (QED) is 0.356. The van der Waals surface area contributed by atoms with Gasteiger partial charge in [-0.3, -0.25) is 4.99 Å². The van der Waals surface area contributed by atoms with Crippen molar-refractivity contribution in [3.05, 3.63) is 34.4 Å². The molecule has 38 heavy (non-hydrogen) atoms. The monoisotopic (exact) mass is 523 g/mol. The Morgan fingerprint density at radius 1 is 1.03 bits per heavy atom. The van der Waals surface area contributed by atoms with E-state index in [9.17, 15) is 9.90 Å². The van der Waals surface area contributed by atoms with Gasteiger partial charge in [-0.2, -0.15) is 0 Å². The minimum absolute atomic E-state index is 0.0447. The van der Waals surface area contributed by atoms with E-state index in [0.717, 1.165) is 64.3 Å². The number of fused-ring (bicyclic) bond motifs is 5. The van der Waals surface area contributed by atoms with Gasteiger partial charge in [0.05, 0.1) is 30.5 Å². The van der Waals surface area contributed by atoms with E-state index in [1.54, 1.807) is 0 Å². The predicted molar refractivity (Wildman–Crippen MR) is 147 cm³/mol. The van der Waals surface area contributed by atoms with Crippen molar-refractivity contribution in [2.75, 3.05) is 6.54 Å². The number of hydrogen-bond acceptors (Lipinski definition) is 6. The molecular formula is C32H45NO5. The number of allylic oxidation sites excluding steroid dienone is 2. The van der Waals surface area contributed by atoms with Gasteiger partial charge in [0.25, 0.3) is 0 Å². The highest BCUT2D eigenvalue weighted by Gasteiger charge is 2.50. The lowest BCUT2D eigenvalue weighted by molar-refractivity contribution is -0.138. The largest absolute Gasteiger partial charge is 0.450 e. The summed E-state index contributed by atoms with van der Waals surface area (Å²) < 4.78 is 18.9. The fourth-order valence-electron chi connectivity index (χ4n) is 8.58. The van der Waals surface area contributed by atoms with Gasteiger partial charge in [-0.25, -0.2) is 4.79 Å². The Morgan fingerprint density at radius 3 is 2.63 bits per heavy atom. The van der Waals surface area contributed by atoms with E-state index in [-0.39, 0.29) is 47.8 Å². The predicted octanol–water partition coefficient (Wildman–Crippen LogP) is 5.64. The highest BCUT2D eigenvalue weighted by molar-refractivity contribution is 5.92. The lowest BCUT2D eigenvalue weighted by atomic mass is 9.56. The van der Waals surface area contributed by atoms with Gasteiger partial charge in [0.15, 0.2) is 0 Å². The molecule has 208 valence electrons. The first-order chi connectivity index (χ1) is 18.3. The molecule has 0 radical (unpaired) electrons. The topological polar surface area (TPSA) is 77.3 Å². The van der Waals surface area contributed by atoms with Crippen LogP contribution in [0.3, 0.4) is 0 Å². The maximum Gasteiger partial charge on any atom is 0.334 e. The van der Waals surface area contributed by atoms with Gasteiger partial charge in [0, 0.05) is 23.2 Å². The number of aliphatic hydroxyl groups is 1. The Morgan fingerprint density at radius 2 is 1.84 bits per heavy atom. The number of rotatable bonds is 1. The molecule has 9 atom stereocenters. The Kier molecular flexibility index (Phi) is 7.19. The third kappa shape index (κ3) is 4.54. The number of aliphatic hydroxyl groups excluding tert-OH is 1. The number of hydrogen-bond donors (Lipinski definition) is 1. The van der Waals surface area contributed by atoms with Crippen LogP contribution < -0.4 is 0 Å². The molecular weight excluding hydrogens is 478 g/mol. The Balaban J connectivity index is 1.38. The van der Waals surface area contributed by atoms with Crippen molar-refractivity contribution in [3.8, 4) is 0 Å². The molecule has 0 aromatic heterocycles. The highest BCUT2D eigenvalue weighted by Crippen LogP contribution is 2.54. The average Bonchev–Trinajstić information content (AvgIpc) is 3.61. The maximum atomic E-state index is 12.2. The van der Waals surface area contributed by atoms with Crippen molar-refractivity contribution in [3.63, 3.8) is 0 Å². The van der Waals surface area contributed by atoms with Crippen LogP contribution in [0.15, 0.2) is 39.4 Å². The average molecular weight is 524 g/mol. The number of carbonyl (C=O) groups is 1. The molecule has 2 saturated heterocycles. The number of carbonyl (C=O) groups excluding carboxylic acids is 1.